The number of carbonyl (C=O) groups is 1. The zero-order chi connectivity index (χ0) is 36.0. The number of urea groups is 1. The molecule has 0 radical (unpaired) electrons. The van der Waals surface area contributed by atoms with E-state index in [0.717, 1.165) is 45.7 Å². The van der Waals surface area contributed by atoms with Gasteiger partial charge in [0.25, 0.3) is 0 Å². The molecular weight excluding hydrogens is 661 g/mol. The number of methoxy groups -OCH3 is 2. The number of amides is 2. The number of hydrogen-bond donors (Lipinski definition) is 1. The molecule has 52 heavy (non-hydrogen) atoms. The van der Waals surface area contributed by atoms with Crippen LogP contribution in [0, 0.1) is 5.82 Å². The van der Waals surface area contributed by atoms with Gasteiger partial charge in [0.2, 0.25) is 0 Å². The molecule has 7 rings (SSSR count). The lowest BCUT2D eigenvalue weighted by Crippen LogP contribution is -2.31. The SMILES string of the molecule is COc1cccc(/C=N/N(C(N)=O)c2ccc(Oc3ccnc4cc(OCCCc5cccc6nc7ccccc7cc56)c(OC)cc34)c(F)c2)c1. The smallest absolute Gasteiger partial charge is 0.340 e. The number of hydrazone groups is 1. The van der Waals surface area contributed by atoms with Gasteiger partial charge in [0.05, 0.1) is 49.3 Å². The third-order valence-corrected chi connectivity index (χ3v) is 8.49. The molecule has 0 aliphatic rings. The largest absolute Gasteiger partial charge is 0.497 e. The van der Waals surface area contributed by atoms with Crippen molar-refractivity contribution in [3.8, 4) is 28.7 Å². The number of anilines is 1. The van der Waals surface area contributed by atoms with Gasteiger partial charge >= 0.3 is 6.03 Å². The van der Waals surface area contributed by atoms with E-state index in [1.165, 1.54) is 23.9 Å². The second-order valence-corrected chi connectivity index (χ2v) is 11.8. The molecule has 0 fully saturated rings. The van der Waals surface area contributed by atoms with E-state index < -0.39 is 11.8 Å². The maximum atomic E-state index is 15.4. The highest BCUT2D eigenvalue weighted by Gasteiger charge is 2.17. The molecule has 0 bridgehead atoms. The van der Waals surface area contributed by atoms with Crippen LogP contribution in [-0.4, -0.2) is 43.0 Å². The number of aryl methyl sites for hydroxylation is 1. The molecular formula is C41H34FN5O5. The van der Waals surface area contributed by atoms with Crippen molar-refractivity contribution in [1.82, 2.24) is 9.97 Å². The fourth-order valence-electron chi connectivity index (χ4n) is 5.93. The Kier molecular flexibility index (Phi) is 9.74. The van der Waals surface area contributed by atoms with Crippen molar-refractivity contribution in [2.75, 3.05) is 25.8 Å². The van der Waals surface area contributed by atoms with E-state index in [9.17, 15) is 4.79 Å². The lowest BCUT2D eigenvalue weighted by atomic mass is 10.0. The highest BCUT2D eigenvalue weighted by Crippen LogP contribution is 2.38. The Bertz CT molecular complexity index is 2450. The van der Waals surface area contributed by atoms with Crippen LogP contribution < -0.4 is 29.7 Å². The minimum atomic E-state index is -0.892. The Hall–Kier alpha value is -6.75. The molecule has 2 amide bonds. The minimum absolute atomic E-state index is 0.0756. The molecule has 7 aromatic rings. The number of para-hydroxylation sites is 1. The summed E-state index contributed by atoms with van der Waals surface area (Å²) in [5.74, 6) is 1.17. The lowest BCUT2D eigenvalue weighted by Gasteiger charge is -2.16. The van der Waals surface area contributed by atoms with Crippen LogP contribution in [0.2, 0.25) is 0 Å². The first-order valence-electron chi connectivity index (χ1n) is 16.5. The van der Waals surface area contributed by atoms with Crippen LogP contribution in [0.5, 0.6) is 28.7 Å². The standard InChI is InChI=1S/C41H34FN5O5/c1-49-30-12-5-8-26(20-30)25-45-47(41(43)48)29-15-16-38(33(42)22-29)52-37-17-18-44-36-24-40(39(50-2)23-32(36)37)51-19-7-11-27-10-6-14-35-31(27)21-28-9-3-4-13-34(28)46-35/h3-6,8-10,12-18,20-25H,7,11,19H2,1-2H3,(H2,43,48)/b45-25+. The molecule has 0 aliphatic carbocycles. The molecule has 2 heterocycles. The highest BCUT2D eigenvalue weighted by atomic mass is 19.1. The molecule has 11 heteroatoms. The van der Waals surface area contributed by atoms with Gasteiger partial charge in [-0.25, -0.2) is 14.2 Å². The summed E-state index contributed by atoms with van der Waals surface area (Å²) in [7, 11) is 3.10. The molecule has 0 spiro atoms. The number of aromatic nitrogens is 2. The van der Waals surface area contributed by atoms with E-state index in [0.29, 0.717) is 46.1 Å². The van der Waals surface area contributed by atoms with E-state index in [-0.39, 0.29) is 11.4 Å². The van der Waals surface area contributed by atoms with Crippen LogP contribution in [0.4, 0.5) is 14.9 Å². The van der Waals surface area contributed by atoms with Gasteiger partial charge in [-0.05, 0) is 78.6 Å². The van der Waals surface area contributed by atoms with E-state index in [1.54, 1.807) is 62.9 Å². The average Bonchev–Trinajstić information content (AvgIpc) is 3.16. The van der Waals surface area contributed by atoms with E-state index in [4.69, 9.17) is 29.7 Å². The number of ether oxygens (including phenoxy) is 4. The summed E-state index contributed by atoms with van der Waals surface area (Å²) in [5.41, 5.74) is 10.1. The number of rotatable bonds is 12. The first-order chi connectivity index (χ1) is 25.4. The monoisotopic (exact) mass is 695 g/mol. The number of nitrogens with two attached hydrogens (primary N) is 1. The first kappa shape index (κ1) is 33.7. The van der Waals surface area contributed by atoms with Crippen molar-refractivity contribution in [2.24, 2.45) is 10.8 Å². The summed E-state index contributed by atoms with van der Waals surface area (Å²) in [6.45, 7) is 0.443. The second kappa shape index (κ2) is 15.0. The topological polar surface area (TPSA) is 121 Å². The Morgan fingerprint density at radius 2 is 1.65 bits per heavy atom. The normalized spacial score (nSPS) is 11.3. The maximum absolute atomic E-state index is 15.4. The fraction of sp³-hybridized carbons (Fsp3) is 0.122. The van der Waals surface area contributed by atoms with Crippen molar-refractivity contribution in [3.05, 3.63) is 132 Å². The van der Waals surface area contributed by atoms with Gasteiger partial charge in [0.1, 0.15) is 11.5 Å². The van der Waals surface area contributed by atoms with E-state index in [1.807, 2.05) is 30.3 Å². The van der Waals surface area contributed by atoms with Crippen molar-refractivity contribution in [2.45, 2.75) is 12.8 Å². The Morgan fingerprint density at radius 3 is 2.48 bits per heavy atom. The quantitative estimate of drug-likeness (QED) is 0.0587. The van der Waals surface area contributed by atoms with Crippen molar-refractivity contribution in [1.29, 1.82) is 0 Å². The lowest BCUT2D eigenvalue weighted by molar-refractivity contribution is 0.254. The third kappa shape index (κ3) is 7.24. The molecule has 0 atom stereocenters. The zero-order valence-electron chi connectivity index (χ0n) is 28.5. The third-order valence-electron chi connectivity index (χ3n) is 8.49. The number of benzene rings is 5. The number of fused-ring (bicyclic) bond motifs is 3. The predicted molar refractivity (Wildman–Crippen MR) is 200 cm³/mol. The van der Waals surface area contributed by atoms with Gasteiger partial charge in [-0.1, -0.05) is 42.5 Å². The summed E-state index contributed by atoms with van der Waals surface area (Å²) >= 11 is 0. The summed E-state index contributed by atoms with van der Waals surface area (Å²) in [6, 6.07) is 31.9. The van der Waals surface area contributed by atoms with E-state index in [2.05, 4.69) is 28.3 Å². The highest BCUT2D eigenvalue weighted by molar-refractivity contribution is 5.95. The Morgan fingerprint density at radius 1 is 0.808 bits per heavy atom. The van der Waals surface area contributed by atoms with Gasteiger partial charge in [0, 0.05) is 34.5 Å². The van der Waals surface area contributed by atoms with Crippen LogP contribution >= 0.6 is 0 Å². The van der Waals surface area contributed by atoms with Crippen LogP contribution in [0.15, 0.2) is 120 Å². The van der Waals surface area contributed by atoms with Crippen LogP contribution in [-0.2, 0) is 6.42 Å². The molecule has 2 N–H and O–H groups in total. The van der Waals surface area contributed by atoms with Crippen LogP contribution in [0.25, 0.3) is 32.7 Å². The predicted octanol–water partition coefficient (Wildman–Crippen LogP) is 8.82. The second-order valence-electron chi connectivity index (χ2n) is 11.8. The van der Waals surface area contributed by atoms with Crippen molar-refractivity contribution >= 4 is 50.6 Å². The van der Waals surface area contributed by atoms with E-state index >= 15 is 4.39 Å². The number of pyridine rings is 2. The molecule has 0 saturated heterocycles. The number of halogens is 1. The van der Waals surface area contributed by atoms with Crippen molar-refractivity contribution < 1.29 is 28.1 Å². The van der Waals surface area contributed by atoms with Crippen molar-refractivity contribution in [3.63, 3.8) is 0 Å². The van der Waals surface area contributed by atoms with Gasteiger partial charge in [0.15, 0.2) is 23.1 Å². The van der Waals surface area contributed by atoms with Crippen LogP contribution in [0.1, 0.15) is 17.5 Å². The molecule has 5 aromatic carbocycles. The van der Waals surface area contributed by atoms with Gasteiger partial charge < -0.3 is 24.7 Å². The first-order valence-corrected chi connectivity index (χ1v) is 16.5. The molecule has 0 aliphatic heterocycles. The molecule has 0 saturated carbocycles. The summed E-state index contributed by atoms with van der Waals surface area (Å²) in [4.78, 5) is 21.5. The fourth-order valence-corrected chi connectivity index (χ4v) is 5.93. The number of carbonyl (C=O) groups excluding carboxylic acids is 1. The van der Waals surface area contributed by atoms with Gasteiger partial charge in [-0.3, -0.25) is 4.98 Å². The Labute approximate surface area is 298 Å². The average molecular weight is 696 g/mol. The summed E-state index contributed by atoms with van der Waals surface area (Å²) in [6.07, 6.45) is 4.56. The van der Waals surface area contributed by atoms with Crippen LogP contribution in [0.3, 0.4) is 0 Å². The van der Waals surface area contributed by atoms with Gasteiger partial charge in [-0.15, -0.1) is 0 Å². The summed E-state index contributed by atoms with van der Waals surface area (Å²) in [5, 5.41) is 7.88. The Balaban J connectivity index is 1.05. The number of primary amides is 1. The number of hydrogen-bond acceptors (Lipinski definition) is 8. The minimum Gasteiger partial charge on any atom is -0.497 e. The molecule has 2 aromatic heterocycles. The molecule has 260 valence electrons. The molecule has 10 nitrogen and oxygen atoms in total. The zero-order valence-corrected chi connectivity index (χ0v) is 28.5. The summed E-state index contributed by atoms with van der Waals surface area (Å²) < 4.78 is 38.5. The maximum Gasteiger partial charge on any atom is 0.340 e. The number of nitrogens with zero attached hydrogens (tertiary/aromatic N) is 4. The van der Waals surface area contributed by atoms with Gasteiger partial charge in [-0.2, -0.15) is 10.1 Å². The molecule has 0 unspecified atom stereocenters.